The summed E-state index contributed by atoms with van der Waals surface area (Å²) in [7, 11) is 3.12. The molecule has 0 bridgehead atoms. The van der Waals surface area contributed by atoms with Crippen molar-refractivity contribution in [3.8, 4) is 0 Å². The lowest BCUT2D eigenvalue weighted by molar-refractivity contribution is -0.254. The van der Waals surface area contributed by atoms with Crippen molar-refractivity contribution in [3.05, 3.63) is 35.9 Å². The maximum Gasteiger partial charge on any atom is 0.418 e. The molecule has 0 aromatic heterocycles. The van der Waals surface area contributed by atoms with Gasteiger partial charge in [0.25, 0.3) is 0 Å². The molecule has 2 rings (SSSR count). The van der Waals surface area contributed by atoms with E-state index in [9.17, 15) is 23.1 Å². The predicted octanol–water partition coefficient (Wildman–Crippen LogP) is 1.81. The van der Waals surface area contributed by atoms with Crippen LogP contribution in [0.5, 0.6) is 0 Å². The van der Waals surface area contributed by atoms with Crippen LogP contribution in [0, 0.1) is 0 Å². The molecule has 1 saturated heterocycles. The van der Waals surface area contributed by atoms with Crippen molar-refractivity contribution >= 4 is 5.91 Å². The summed E-state index contributed by atoms with van der Waals surface area (Å²) in [5, 5.41) is 9.82. The third-order valence-electron chi connectivity index (χ3n) is 3.96. The monoisotopic (exact) mass is 316 g/mol. The number of alkyl halides is 3. The van der Waals surface area contributed by atoms with Crippen LogP contribution in [-0.2, 0) is 4.79 Å². The molecule has 7 heteroatoms. The maximum atomic E-state index is 13.0. The Morgan fingerprint density at radius 1 is 1.32 bits per heavy atom. The molecule has 1 heterocycles. The molecule has 0 unspecified atom stereocenters. The standard InChI is InChI=1S/C15H19F3N2O2/c1-19(2)13(21)12(11-6-4-3-5-7-11)20-9-8-14(22,10-20)15(16,17)18/h3-7,12,22H,8-10H2,1-2H3/t12-,14+/m0/s1. The smallest absolute Gasteiger partial charge is 0.379 e. The lowest BCUT2D eigenvalue weighted by atomic mass is 10.0. The van der Waals surface area contributed by atoms with Crippen LogP contribution < -0.4 is 0 Å². The molecule has 1 aromatic rings. The molecule has 0 aliphatic carbocycles. The molecule has 1 N–H and O–H groups in total. The number of benzene rings is 1. The zero-order chi connectivity index (χ0) is 16.5. The lowest BCUT2D eigenvalue weighted by Crippen LogP contribution is -2.48. The highest BCUT2D eigenvalue weighted by molar-refractivity contribution is 5.83. The number of likely N-dealkylation sites (tertiary alicyclic amines) is 1. The Kier molecular flexibility index (Phi) is 4.49. The fourth-order valence-electron chi connectivity index (χ4n) is 2.66. The topological polar surface area (TPSA) is 43.8 Å². The third-order valence-corrected chi connectivity index (χ3v) is 3.96. The van der Waals surface area contributed by atoms with Gasteiger partial charge in [0.1, 0.15) is 6.04 Å². The van der Waals surface area contributed by atoms with Crippen LogP contribution in [0.25, 0.3) is 0 Å². The average molecular weight is 316 g/mol. The Labute approximate surface area is 127 Å². The van der Waals surface area contributed by atoms with Gasteiger partial charge in [0.15, 0.2) is 5.60 Å². The van der Waals surface area contributed by atoms with Crippen molar-refractivity contribution in [2.45, 2.75) is 24.2 Å². The van der Waals surface area contributed by atoms with Gasteiger partial charge in [0.2, 0.25) is 5.91 Å². The number of hydrogen-bond donors (Lipinski definition) is 1. The number of halogens is 3. The average Bonchev–Trinajstić information content (AvgIpc) is 2.83. The molecule has 1 fully saturated rings. The van der Waals surface area contributed by atoms with Crippen LogP contribution in [0.2, 0.25) is 0 Å². The van der Waals surface area contributed by atoms with Crippen LogP contribution in [0.3, 0.4) is 0 Å². The number of carbonyl (C=O) groups is 1. The Morgan fingerprint density at radius 2 is 1.91 bits per heavy atom. The first-order valence-corrected chi connectivity index (χ1v) is 6.95. The van der Waals surface area contributed by atoms with E-state index in [0.717, 1.165) is 0 Å². The summed E-state index contributed by atoms with van der Waals surface area (Å²) >= 11 is 0. The molecule has 2 atom stereocenters. The van der Waals surface area contributed by atoms with E-state index in [1.807, 2.05) is 0 Å². The molecule has 22 heavy (non-hydrogen) atoms. The molecule has 1 aromatic carbocycles. The summed E-state index contributed by atoms with van der Waals surface area (Å²) in [6.45, 7) is -0.592. The number of aliphatic hydroxyl groups is 1. The number of β-amino-alcohol motifs (C(OH)–C–C–N with tert-alkyl or cyclic N) is 1. The normalized spacial score (nSPS) is 24.3. The Bertz CT molecular complexity index is 533. The predicted molar refractivity (Wildman–Crippen MR) is 75.1 cm³/mol. The lowest BCUT2D eigenvalue weighted by Gasteiger charge is -2.31. The zero-order valence-electron chi connectivity index (χ0n) is 12.5. The molecule has 0 saturated carbocycles. The minimum absolute atomic E-state index is 0.00908. The van der Waals surface area contributed by atoms with E-state index in [-0.39, 0.29) is 12.5 Å². The van der Waals surface area contributed by atoms with Gasteiger partial charge >= 0.3 is 6.18 Å². The number of rotatable bonds is 3. The van der Waals surface area contributed by atoms with Gasteiger partial charge in [-0.2, -0.15) is 13.2 Å². The summed E-state index contributed by atoms with van der Waals surface area (Å²) in [5.41, 5.74) is -2.14. The first kappa shape index (κ1) is 16.8. The van der Waals surface area contributed by atoms with Crippen molar-refractivity contribution in [1.82, 2.24) is 9.80 Å². The molecule has 0 spiro atoms. The van der Waals surface area contributed by atoms with Crippen molar-refractivity contribution in [1.29, 1.82) is 0 Å². The SMILES string of the molecule is CN(C)C(=O)[C@H](c1ccccc1)N1CC[C@](O)(C(F)(F)F)C1. The van der Waals surface area contributed by atoms with Gasteiger partial charge in [0.05, 0.1) is 0 Å². The largest absolute Gasteiger partial charge is 0.418 e. The van der Waals surface area contributed by atoms with Crippen LogP contribution in [0.4, 0.5) is 13.2 Å². The van der Waals surface area contributed by atoms with Crippen molar-refractivity contribution in [2.75, 3.05) is 27.2 Å². The maximum absolute atomic E-state index is 13.0. The molecule has 122 valence electrons. The fourth-order valence-corrected chi connectivity index (χ4v) is 2.66. The molecule has 1 aliphatic rings. The third kappa shape index (κ3) is 3.10. The Balaban J connectivity index is 2.31. The van der Waals surface area contributed by atoms with Crippen molar-refractivity contribution in [3.63, 3.8) is 0 Å². The Morgan fingerprint density at radius 3 is 2.36 bits per heavy atom. The second-order valence-electron chi connectivity index (χ2n) is 5.80. The number of nitrogens with zero attached hydrogens (tertiary/aromatic N) is 2. The van der Waals surface area contributed by atoms with E-state index in [1.165, 1.54) is 9.80 Å². The molecular formula is C15H19F3N2O2. The zero-order valence-corrected chi connectivity index (χ0v) is 12.5. The van der Waals surface area contributed by atoms with E-state index >= 15 is 0 Å². The van der Waals surface area contributed by atoms with Gasteiger partial charge in [-0.05, 0) is 12.0 Å². The first-order chi connectivity index (χ1) is 10.2. The van der Waals surface area contributed by atoms with E-state index in [0.29, 0.717) is 5.56 Å². The van der Waals surface area contributed by atoms with Gasteiger partial charge in [0, 0.05) is 27.2 Å². The molecular weight excluding hydrogens is 297 g/mol. The van der Waals surface area contributed by atoms with Crippen LogP contribution in [-0.4, -0.2) is 59.8 Å². The van der Waals surface area contributed by atoms with E-state index in [1.54, 1.807) is 44.4 Å². The molecule has 0 radical (unpaired) electrons. The van der Waals surface area contributed by atoms with Gasteiger partial charge in [-0.3, -0.25) is 9.69 Å². The van der Waals surface area contributed by atoms with Crippen LogP contribution in [0.1, 0.15) is 18.0 Å². The quantitative estimate of drug-likeness (QED) is 0.925. The summed E-state index contributed by atoms with van der Waals surface area (Å²) < 4.78 is 38.9. The molecule has 1 amide bonds. The molecule has 4 nitrogen and oxygen atoms in total. The van der Waals surface area contributed by atoms with E-state index in [4.69, 9.17) is 0 Å². The highest BCUT2D eigenvalue weighted by Crippen LogP contribution is 2.40. The van der Waals surface area contributed by atoms with E-state index in [2.05, 4.69) is 0 Å². The summed E-state index contributed by atoms with van der Waals surface area (Å²) in [4.78, 5) is 15.2. The van der Waals surface area contributed by atoms with Crippen molar-refractivity contribution in [2.24, 2.45) is 0 Å². The minimum Gasteiger partial charge on any atom is -0.379 e. The summed E-state index contributed by atoms with van der Waals surface area (Å²) in [6, 6.07) is 7.83. The highest BCUT2D eigenvalue weighted by atomic mass is 19.4. The second-order valence-corrected chi connectivity index (χ2v) is 5.80. The first-order valence-electron chi connectivity index (χ1n) is 6.95. The molecule has 1 aliphatic heterocycles. The highest BCUT2D eigenvalue weighted by Gasteiger charge is 2.58. The second kappa shape index (κ2) is 5.89. The minimum atomic E-state index is -4.70. The van der Waals surface area contributed by atoms with Crippen LogP contribution in [0.15, 0.2) is 30.3 Å². The number of amides is 1. The fraction of sp³-hybridized carbons (Fsp3) is 0.533. The van der Waals surface area contributed by atoms with E-state index < -0.39 is 30.8 Å². The number of carbonyl (C=O) groups excluding carboxylic acids is 1. The van der Waals surface area contributed by atoms with Gasteiger partial charge in [-0.25, -0.2) is 0 Å². The van der Waals surface area contributed by atoms with Gasteiger partial charge in [-0.1, -0.05) is 30.3 Å². The Hall–Kier alpha value is -1.60. The van der Waals surface area contributed by atoms with Gasteiger partial charge < -0.3 is 10.0 Å². The summed E-state index contributed by atoms with van der Waals surface area (Å²) in [6.07, 6.45) is -5.13. The number of likely N-dealkylation sites (N-methyl/N-ethyl adjacent to an activating group) is 1. The van der Waals surface area contributed by atoms with Crippen LogP contribution >= 0.6 is 0 Å². The summed E-state index contributed by atoms with van der Waals surface area (Å²) in [5.74, 6) is -0.308. The number of hydrogen-bond acceptors (Lipinski definition) is 3. The van der Waals surface area contributed by atoms with Gasteiger partial charge in [-0.15, -0.1) is 0 Å². The van der Waals surface area contributed by atoms with Crippen molar-refractivity contribution < 1.29 is 23.1 Å².